The number of hydrogen-bond acceptors (Lipinski definition) is 3. The first kappa shape index (κ1) is 16.4. The third-order valence-electron chi connectivity index (χ3n) is 4.11. The monoisotopic (exact) mass is 306 g/mol. The second-order valence-electron chi connectivity index (χ2n) is 5.64. The molecule has 0 bridgehead atoms. The minimum atomic E-state index is 0.287. The minimum absolute atomic E-state index is 0.287. The molecule has 0 radical (unpaired) electrons. The summed E-state index contributed by atoms with van der Waals surface area (Å²) in [5.74, 6) is 0.298. The summed E-state index contributed by atoms with van der Waals surface area (Å²) >= 11 is 1.76. The van der Waals surface area contributed by atoms with E-state index in [0.29, 0.717) is 12.3 Å². The van der Waals surface area contributed by atoms with Crippen LogP contribution in [-0.4, -0.2) is 36.7 Å². The number of carbonyl (C=O) groups is 1. The van der Waals surface area contributed by atoms with Gasteiger partial charge >= 0.3 is 0 Å². The molecule has 1 aromatic rings. The van der Waals surface area contributed by atoms with Crippen LogP contribution in [0.3, 0.4) is 0 Å². The zero-order chi connectivity index (χ0) is 15.1. The Morgan fingerprint density at radius 3 is 2.52 bits per heavy atom. The van der Waals surface area contributed by atoms with E-state index < -0.39 is 0 Å². The fourth-order valence-electron chi connectivity index (χ4n) is 2.71. The molecule has 1 N–H and O–H groups in total. The lowest BCUT2D eigenvalue weighted by atomic mass is 10.1. The molecule has 116 valence electrons. The molecule has 1 aliphatic heterocycles. The maximum absolute atomic E-state index is 12.1. The smallest absolute Gasteiger partial charge is 0.223 e. The number of nitrogens with one attached hydrogen (secondary N) is 1. The van der Waals surface area contributed by atoms with Gasteiger partial charge < -0.3 is 10.2 Å². The fourth-order valence-corrected chi connectivity index (χ4v) is 3.12. The number of amides is 1. The van der Waals surface area contributed by atoms with Gasteiger partial charge in [0.2, 0.25) is 5.91 Å². The van der Waals surface area contributed by atoms with Crippen molar-refractivity contribution in [2.45, 2.75) is 43.5 Å². The average Bonchev–Trinajstić information content (AvgIpc) is 2.55. The Labute approximate surface area is 132 Å². The van der Waals surface area contributed by atoms with Gasteiger partial charge in [0.15, 0.2) is 0 Å². The molecule has 4 heteroatoms. The Morgan fingerprint density at radius 1 is 1.24 bits per heavy atom. The van der Waals surface area contributed by atoms with E-state index in [1.165, 1.54) is 16.9 Å². The van der Waals surface area contributed by atoms with Crippen LogP contribution in [0.25, 0.3) is 0 Å². The summed E-state index contributed by atoms with van der Waals surface area (Å²) < 4.78 is 0. The molecule has 1 amide bonds. The van der Waals surface area contributed by atoms with E-state index in [-0.39, 0.29) is 6.04 Å². The highest BCUT2D eigenvalue weighted by molar-refractivity contribution is 7.98. The highest BCUT2D eigenvalue weighted by Gasteiger charge is 2.16. The first-order valence-corrected chi connectivity index (χ1v) is 9.08. The maximum atomic E-state index is 12.1. The first-order valence-electron chi connectivity index (χ1n) is 7.86. The van der Waals surface area contributed by atoms with E-state index in [4.69, 9.17) is 0 Å². The lowest BCUT2D eigenvalue weighted by Gasteiger charge is -2.27. The molecule has 1 unspecified atom stereocenters. The van der Waals surface area contributed by atoms with Crippen molar-refractivity contribution in [2.75, 3.05) is 25.9 Å². The molecule has 3 nitrogen and oxygen atoms in total. The lowest BCUT2D eigenvalue weighted by Crippen LogP contribution is -2.37. The molecule has 0 aromatic heterocycles. The predicted octanol–water partition coefficient (Wildman–Crippen LogP) is 3.46. The van der Waals surface area contributed by atoms with E-state index in [1.54, 1.807) is 11.8 Å². The van der Waals surface area contributed by atoms with Crippen LogP contribution >= 0.6 is 11.8 Å². The Hall–Kier alpha value is -1.00. The van der Waals surface area contributed by atoms with Gasteiger partial charge in [0, 0.05) is 37.0 Å². The van der Waals surface area contributed by atoms with Crippen LogP contribution in [0.1, 0.15) is 44.2 Å². The van der Waals surface area contributed by atoms with Crippen molar-refractivity contribution in [1.82, 2.24) is 10.2 Å². The molecule has 0 aliphatic carbocycles. The van der Waals surface area contributed by atoms with Gasteiger partial charge in [0.05, 0.1) is 0 Å². The maximum Gasteiger partial charge on any atom is 0.223 e. The van der Waals surface area contributed by atoms with Crippen molar-refractivity contribution in [3.05, 3.63) is 29.8 Å². The topological polar surface area (TPSA) is 32.3 Å². The van der Waals surface area contributed by atoms with Gasteiger partial charge in [-0.2, -0.15) is 0 Å². The molecule has 2 rings (SSSR count). The van der Waals surface area contributed by atoms with Crippen LogP contribution in [0.2, 0.25) is 0 Å². The fraction of sp³-hybridized carbons (Fsp3) is 0.588. The summed E-state index contributed by atoms with van der Waals surface area (Å²) in [5, 5.41) is 3.45. The lowest BCUT2D eigenvalue weighted by molar-refractivity contribution is -0.132. The van der Waals surface area contributed by atoms with Crippen LogP contribution < -0.4 is 5.32 Å². The molecule has 21 heavy (non-hydrogen) atoms. The Morgan fingerprint density at radius 2 is 1.90 bits per heavy atom. The summed E-state index contributed by atoms with van der Waals surface area (Å²) in [6.07, 6.45) is 6.29. The van der Waals surface area contributed by atoms with Crippen molar-refractivity contribution in [2.24, 2.45) is 0 Å². The van der Waals surface area contributed by atoms with Crippen molar-refractivity contribution in [3.8, 4) is 0 Å². The summed E-state index contributed by atoms with van der Waals surface area (Å²) in [6.45, 7) is 4.80. The average molecular weight is 306 g/mol. The Kier molecular flexibility index (Phi) is 6.58. The Balaban J connectivity index is 1.72. The highest BCUT2D eigenvalue weighted by atomic mass is 32.2. The van der Waals surface area contributed by atoms with Crippen LogP contribution in [0.15, 0.2) is 29.2 Å². The van der Waals surface area contributed by atoms with Gasteiger partial charge in [-0.05, 0) is 50.1 Å². The van der Waals surface area contributed by atoms with Crippen LogP contribution in [0.4, 0.5) is 0 Å². The Bertz CT molecular complexity index is 441. The van der Waals surface area contributed by atoms with E-state index in [1.807, 2.05) is 4.90 Å². The van der Waals surface area contributed by atoms with E-state index in [0.717, 1.165) is 32.5 Å². The standard InChI is InChI=1S/C17H26N2OS/c1-14(15-6-8-16(21-2)9-7-15)18-11-10-17(20)19-12-4-3-5-13-19/h6-9,14,18H,3-5,10-13H2,1-2H3. The van der Waals surface area contributed by atoms with Crippen LogP contribution in [-0.2, 0) is 4.79 Å². The van der Waals surface area contributed by atoms with Crippen molar-refractivity contribution in [1.29, 1.82) is 0 Å². The third kappa shape index (κ3) is 5.04. The highest BCUT2D eigenvalue weighted by Crippen LogP contribution is 2.18. The molecule has 1 aromatic carbocycles. The number of hydrogen-bond donors (Lipinski definition) is 1. The number of carbonyl (C=O) groups excluding carboxylic acids is 1. The molecule has 1 saturated heterocycles. The second-order valence-corrected chi connectivity index (χ2v) is 6.52. The number of likely N-dealkylation sites (tertiary alicyclic amines) is 1. The van der Waals surface area contributed by atoms with Crippen LogP contribution in [0, 0.1) is 0 Å². The predicted molar refractivity (Wildman–Crippen MR) is 89.7 cm³/mol. The molecule has 1 atom stereocenters. The van der Waals surface area contributed by atoms with E-state index >= 15 is 0 Å². The van der Waals surface area contributed by atoms with Gasteiger partial charge in [-0.15, -0.1) is 11.8 Å². The van der Waals surface area contributed by atoms with E-state index in [2.05, 4.69) is 42.8 Å². The molecule has 1 fully saturated rings. The van der Waals surface area contributed by atoms with Gasteiger partial charge in [-0.3, -0.25) is 4.79 Å². The molecular weight excluding hydrogens is 280 g/mol. The molecular formula is C17H26N2OS. The van der Waals surface area contributed by atoms with Crippen molar-refractivity contribution >= 4 is 17.7 Å². The second kappa shape index (κ2) is 8.44. The molecule has 0 spiro atoms. The molecule has 1 heterocycles. The minimum Gasteiger partial charge on any atom is -0.343 e. The number of piperidine rings is 1. The normalized spacial score (nSPS) is 16.8. The largest absolute Gasteiger partial charge is 0.343 e. The summed E-state index contributed by atoms with van der Waals surface area (Å²) in [6, 6.07) is 8.91. The third-order valence-corrected chi connectivity index (χ3v) is 4.86. The number of benzene rings is 1. The SMILES string of the molecule is CSc1ccc(C(C)NCCC(=O)N2CCCCC2)cc1. The molecule has 0 saturated carbocycles. The summed E-state index contributed by atoms with van der Waals surface area (Å²) in [5.41, 5.74) is 1.28. The van der Waals surface area contributed by atoms with Crippen LogP contribution in [0.5, 0.6) is 0 Å². The molecule has 1 aliphatic rings. The summed E-state index contributed by atoms with van der Waals surface area (Å²) in [4.78, 5) is 15.4. The zero-order valence-electron chi connectivity index (χ0n) is 13.1. The van der Waals surface area contributed by atoms with E-state index in [9.17, 15) is 4.79 Å². The van der Waals surface area contributed by atoms with Gasteiger partial charge in [0.1, 0.15) is 0 Å². The first-order chi connectivity index (χ1) is 10.2. The van der Waals surface area contributed by atoms with Crippen molar-refractivity contribution < 1.29 is 4.79 Å². The van der Waals surface area contributed by atoms with Gasteiger partial charge in [-0.1, -0.05) is 12.1 Å². The van der Waals surface area contributed by atoms with Gasteiger partial charge in [-0.25, -0.2) is 0 Å². The number of rotatable bonds is 6. The quantitative estimate of drug-likeness (QED) is 0.817. The summed E-state index contributed by atoms with van der Waals surface area (Å²) in [7, 11) is 0. The number of nitrogens with zero attached hydrogens (tertiary/aromatic N) is 1. The van der Waals surface area contributed by atoms with Gasteiger partial charge in [0.25, 0.3) is 0 Å². The zero-order valence-corrected chi connectivity index (χ0v) is 13.9. The van der Waals surface area contributed by atoms with Crippen molar-refractivity contribution in [3.63, 3.8) is 0 Å². The number of thioether (sulfide) groups is 1.